The molecule has 0 aromatic heterocycles. The Morgan fingerprint density at radius 2 is 1.85 bits per heavy atom. The molecule has 0 saturated heterocycles. The van der Waals surface area contributed by atoms with Gasteiger partial charge in [0.2, 0.25) is 0 Å². The Bertz CT molecular complexity index is 504. The molecule has 1 aliphatic rings. The molecule has 1 amide bonds. The van der Waals surface area contributed by atoms with Crippen LogP contribution in [0.25, 0.3) is 0 Å². The van der Waals surface area contributed by atoms with Gasteiger partial charge in [0.25, 0.3) is 5.91 Å². The fourth-order valence-corrected chi connectivity index (χ4v) is 2.11. The summed E-state index contributed by atoms with van der Waals surface area (Å²) < 4.78 is 5.41. The van der Waals surface area contributed by atoms with Crippen molar-refractivity contribution in [3.63, 3.8) is 0 Å². The molecule has 0 atom stereocenters. The Labute approximate surface area is 117 Å². The second-order valence-electron chi connectivity index (χ2n) is 4.70. The third-order valence-electron chi connectivity index (χ3n) is 3.20. The first-order valence-corrected chi connectivity index (χ1v) is 6.62. The minimum atomic E-state index is -1.22. The summed E-state index contributed by atoms with van der Waals surface area (Å²) in [6, 6.07) is 8.45. The lowest BCUT2D eigenvalue weighted by Gasteiger charge is -2.11. The molecule has 106 valence electrons. The third kappa shape index (κ3) is 3.85. The van der Waals surface area contributed by atoms with Gasteiger partial charge in [0.1, 0.15) is 6.26 Å². The molecule has 0 spiro atoms. The van der Waals surface area contributed by atoms with Crippen LogP contribution in [0, 0.1) is 0 Å². The zero-order valence-corrected chi connectivity index (χ0v) is 11.0. The molecular formula is C15H17NO4. The molecule has 0 aliphatic heterocycles. The molecule has 5 nitrogen and oxygen atoms in total. The van der Waals surface area contributed by atoms with Crippen LogP contribution in [0.2, 0.25) is 0 Å². The topological polar surface area (TPSA) is 75.6 Å². The van der Waals surface area contributed by atoms with Crippen LogP contribution >= 0.6 is 0 Å². The van der Waals surface area contributed by atoms with Crippen LogP contribution in [0.15, 0.2) is 42.3 Å². The Morgan fingerprint density at radius 1 is 1.20 bits per heavy atom. The van der Waals surface area contributed by atoms with Crippen LogP contribution in [0.1, 0.15) is 36.0 Å². The van der Waals surface area contributed by atoms with Gasteiger partial charge in [0, 0.05) is 5.56 Å². The van der Waals surface area contributed by atoms with E-state index in [1.165, 1.54) is 0 Å². The average Bonchev–Trinajstić information content (AvgIpc) is 2.97. The van der Waals surface area contributed by atoms with Crippen LogP contribution < -0.4 is 5.32 Å². The number of nitrogens with one attached hydrogen (secondary N) is 1. The summed E-state index contributed by atoms with van der Waals surface area (Å²) in [5, 5.41) is 11.4. The highest BCUT2D eigenvalue weighted by Crippen LogP contribution is 2.21. The zero-order chi connectivity index (χ0) is 14.4. The molecule has 0 heterocycles. The number of carboxylic acids is 1. The maximum atomic E-state index is 11.9. The Balaban J connectivity index is 2.00. The molecular weight excluding hydrogens is 258 g/mol. The SMILES string of the molecule is O=C(O)C(=COC1CCCC1)NC(=O)c1ccccc1. The molecule has 1 fully saturated rings. The molecule has 2 N–H and O–H groups in total. The van der Waals surface area contributed by atoms with E-state index in [2.05, 4.69) is 5.32 Å². The van der Waals surface area contributed by atoms with Gasteiger partial charge in [-0.05, 0) is 37.8 Å². The summed E-state index contributed by atoms with van der Waals surface area (Å²) in [6.07, 6.45) is 5.23. The number of carboxylic acid groups (broad SMARTS) is 1. The van der Waals surface area contributed by atoms with E-state index in [1.54, 1.807) is 30.3 Å². The fourth-order valence-electron chi connectivity index (χ4n) is 2.11. The van der Waals surface area contributed by atoms with Crippen molar-refractivity contribution in [3.8, 4) is 0 Å². The molecule has 5 heteroatoms. The van der Waals surface area contributed by atoms with Gasteiger partial charge >= 0.3 is 5.97 Å². The second kappa shape index (κ2) is 6.75. The van der Waals surface area contributed by atoms with Crippen molar-refractivity contribution < 1.29 is 19.4 Å². The van der Waals surface area contributed by atoms with Gasteiger partial charge in [-0.15, -0.1) is 0 Å². The first-order chi connectivity index (χ1) is 9.66. The smallest absolute Gasteiger partial charge is 0.355 e. The number of amides is 1. The summed E-state index contributed by atoms with van der Waals surface area (Å²) in [4.78, 5) is 23.0. The van der Waals surface area contributed by atoms with Gasteiger partial charge in [-0.2, -0.15) is 0 Å². The first-order valence-electron chi connectivity index (χ1n) is 6.62. The van der Waals surface area contributed by atoms with E-state index in [1.807, 2.05) is 0 Å². The van der Waals surface area contributed by atoms with E-state index in [-0.39, 0.29) is 11.8 Å². The van der Waals surface area contributed by atoms with E-state index in [9.17, 15) is 9.59 Å². The van der Waals surface area contributed by atoms with Gasteiger partial charge in [0.05, 0.1) is 6.10 Å². The number of ether oxygens (including phenoxy) is 1. The standard InChI is InChI=1S/C15H17NO4/c17-14(11-6-2-1-3-7-11)16-13(15(18)19)10-20-12-8-4-5-9-12/h1-3,6-7,10,12H,4-5,8-9H2,(H,16,17)(H,18,19). The average molecular weight is 275 g/mol. The number of carbonyl (C=O) groups excluding carboxylic acids is 1. The lowest BCUT2D eigenvalue weighted by atomic mass is 10.2. The molecule has 2 rings (SSSR count). The van der Waals surface area contributed by atoms with Crippen molar-refractivity contribution in [2.24, 2.45) is 0 Å². The van der Waals surface area contributed by atoms with Crippen LogP contribution in [0.5, 0.6) is 0 Å². The molecule has 0 unspecified atom stereocenters. The number of hydrogen-bond acceptors (Lipinski definition) is 3. The maximum absolute atomic E-state index is 11.9. The lowest BCUT2D eigenvalue weighted by molar-refractivity contribution is -0.133. The summed E-state index contributed by atoms with van der Waals surface area (Å²) in [5.74, 6) is -1.68. The summed E-state index contributed by atoms with van der Waals surface area (Å²) in [5.41, 5.74) is 0.159. The Morgan fingerprint density at radius 3 is 2.45 bits per heavy atom. The van der Waals surface area contributed by atoms with Crippen LogP contribution in [-0.2, 0) is 9.53 Å². The zero-order valence-electron chi connectivity index (χ0n) is 11.0. The van der Waals surface area contributed by atoms with Crippen molar-refractivity contribution >= 4 is 11.9 Å². The number of benzene rings is 1. The number of hydrogen-bond donors (Lipinski definition) is 2. The number of aliphatic carboxylic acids is 1. The molecule has 20 heavy (non-hydrogen) atoms. The van der Waals surface area contributed by atoms with E-state index in [4.69, 9.17) is 9.84 Å². The van der Waals surface area contributed by atoms with Crippen LogP contribution in [0.3, 0.4) is 0 Å². The van der Waals surface area contributed by atoms with Crippen molar-refractivity contribution in [2.45, 2.75) is 31.8 Å². The highest BCUT2D eigenvalue weighted by molar-refractivity contribution is 6.00. The van der Waals surface area contributed by atoms with Gasteiger partial charge in [-0.1, -0.05) is 18.2 Å². The quantitative estimate of drug-likeness (QED) is 0.638. The molecule has 1 aromatic carbocycles. The lowest BCUT2D eigenvalue weighted by Crippen LogP contribution is -2.27. The van der Waals surface area contributed by atoms with E-state index in [0.29, 0.717) is 5.56 Å². The monoisotopic (exact) mass is 275 g/mol. The van der Waals surface area contributed by atoms with Gasteiger partial charge in [0.15, 0.2) is 5.70 Å². The van der Waals surface area contributed by atoms with Crippen LogP contribution in [-0.4, -0.2) is 23.1 Å². The highest BCUT2D eigenvalue weighted by atomic mass is 16.5. The number of rotatable bonds is 5. The normalized spacial score (nSPS) is 15.9. The van der Waals surface area contributed by atoms with Crippen molar-refractivity contribution in [3.05, 3.63) is 47.9 Å². The van der Waals surface area contributed by atoms with E-state index < -0.39 is 11.9 Å². The molecule has 1 aliphatic carbocycles. The second-order valence-corrected chi connectivity index (χ2v) is 4.70. The summed E-state index contributed by atoms with van der Waals surface area (Å²) in [6.45, 7) is 0. The third-order valence-corrected chi connectivity index (χ3v) is 3.20. The predicted octanol–water partition coefficient (Wildman–Crippen LogP) is 2.30. The molecule has 0 bridgehead atoms. The van der Waals surface area contributed by atoms with Crippen molar-refractivity contribution in [1.82, 2.24) is 5.32 Å². The van der Waals surface area contributed by atoms with E-state index in [0.717, 1.165) is 31.9 Å². The Hall–Kier alpha value is -2.30. The fraction of sp³-hybridized carbons (Fsp3) is 0.333. The molecule has 1 aromatic rings. The summed E-state index contributed by atoms with van der Waals surface area (Å²) in [7, 11) is 0. The summed E-state index contributed by atoms with van der Waals surface area (Å²) >= 11 is 0. The predicted molar refractivity (Wildman–Crippen MR) is 73.0 cm³/mol. The minimum Gasteiger partial charge on any atom is -0.496 e. The largest absolute Gasteiger partial charge is 0.496 e. The minimum absolute atomic E-state index is 0.0537. The van der Waals surface area contributed by atoms with Gasteiger partial charge in [-0.3, -0.25) is 4.79 Å². The van der Waals surface area contributed by atoms with Gasteiger partial charge in [-0.25, -0.2) is 4.79 Å². The number of carbonyl (C=O) groups is 2. The van der Waals surface area contributed by atoms with Gasteiger partial charge < -0.3 is 15.2 Å². The molecule has 0 radical (unpaired) electrons. The van der Waals surface area contributed by atoms with Crippen LogP contribution in [0.4, 0.5) is 0 Å². The first kappa shape index (κ1) is 14.1. The van der Waals surface area contributed by atoms with Crippen molar-refractivity contribution in [2.75, 3.05) is 0 Å². The maximum Gasteiger partial charge on any atom is 0.355 e. The van der Waals surface area contributed by atoms with E-state index >= 15 is 0 Å². The highest BCUT2D eigenvalue weighted by Gasteiger charge is 2.17. The Kier molecular flexibility index (Phi) is 4.76. The molecule has 1 saturated carbocycles. The van der Waals surface area contributed by atoms with Crippen molar-refractivity contribution in [1.29, 1.82) is 0 Å².